The van der Waals surface area contributed by atoms with E-state index < -0.39 is 15.9 Å². The minimum atomic E-state index is -3.94. The van der Waals surface area contributed by atoms with Gasteiger partial charge >= 0.3 is 0 Å². The predicted octanol–water partition coefficient (Wildman–Crippen LogP) is 2.71. The molecular formula is C19H22ClN3O4S. The number of nitrogens with one attached hydrogen (secondary N) is 3. The highest BCUT2D eigenvalue weighted by Gasteiger charge is 2.23. The number of ether oxygens (including phenoxy) is 1. The van der Waals surface area contributed by atoms with Gasteiger partial charge in [-0.1, -0.05) is 12.1 Å². The minimum Gasteiger partial charge on any atom is -0.492 e. The summed E-state index contributed by atoms with van der Waals surface area (Å²) in [6.07, 6.45) is 0.734. The number of alkyl halides is 1. The van der Waals surface area contributed by atoms with Crippen LogP contribution in [0.2, 0.25) is 0 Å². The van der Waals surface area contributed by atoms with Crippen LogP contribution in [0.15, 0.2) is 41.3 Å². The van der Waals surface area contributed by atoms with E-state index in [2.05, 4.69) is 15.4 Å². The van der Waals surface area contributed by atoms with Crippen molar-refractivity contribution < 1.29 is 17.9 Å². The topological polar surface area (TPSA) is 96.5 Å². The second kappa shape index (κ2) is 8.81. The first-order valence-corrected chi connectivity index (χ1v) is 10.9. The molecule has 3 N–H and O–H groups in total. The van der Waals surface area contributed by atoms with Crippen LogP contribution in [-0.2, 0) is 27.8 Å². The second-order valence-electron chi connectivity index (χ2n) is 6.25. The van der Waals surface area contributed by atoms with Crippen molar-refractivity contribution in [2.24, 2.45) is 0 Å². The van der Waals surface area contributed by atoms with Crippen LogP contribution in [-0.4, -0.2) is 33.4 Å². The number of carbonyl (C=O) groups excluding carboxylic acids is 1. The summed E-state index contributed by atoms with van der Waals surface area (Å²) in [4.78, 5) is 11.5. The fourth-order valence-corrected chi connectivity index (χ4v) is 4.42. The largest absolute Gasteiger partial charge is 0.492 e. The van der Waals surface area contributed by atoms with Crippen LogP contribution in [0.4, 0.5) is 11.4 Å². The molecule has 0 aromatic heterocycles. The molecule has 0 spiro atoms. The van der Waals surface area contributed by atoms with Crippen molar-refractivity contribution in [3.05, 3.63) is 47.5 Å². The Hall–Kier alpha value is -2.29. The predicted molar refractivity (Wildman–Crippen MR) is 110 cm³/mol. The summed E-state index contributed by atoms with van der Waals surface area (Å²) in [5.41, 5.74) is 2.93. The number of carbonyl (C=O) groups is 1. The Bertz CT molecular complexity index is 979. The monoisotopic (exact) mass is 423 g/mol. The molecule has 1 amide bonds. The molecule has 0 bridgehead atoms. The van der Waals surface area contributed by atoms with Crippen molar-refractivity contribution in [3.63, 3.8) is 0 Å². The zero-order chi connectivity index (χ0) is 20.1. The molecular weight excluding hydrogens is 402 g/mol. The van der Waals surface area contributed by atoms with Crippen LogP contribution in [0.3, 0.4) is 0 Å². The normalized spacial score (nSPS) is 13.5. The Labute approximate surface area is 169 Å². The molecule has 150 valence electrons. The number of hydrogen-bond acceptors (Lipinski definition) is 5. The van der Waals surface area contributed by atoms with E-state index in [1.807, 2.05) is 12.1 Å². The average molecular weight is 424 g/mol. The molecule has 1 aliphatic heterocycles. The van der Waals surface area contributed by atoms with Crippen LogP contribution in [0, 0.1) is 0 Å². The number of benzene rings is 2. The van der Waals surface area contributed by atoms with Gasteiger partial charge in [-0.2, -0.15) is 0 Å². The molecule has 0 fully saturated rings. The van der Waals surface area contributed by atoms with E-state index in [-0.39, 0.29) is 16.5 Å². The van der Waals surface area contributed by atoms with E-state index in [1.54, 1.807) is 19.1 Å². The highest BCUT2D eigenvalue weighted by Crippen LogP contribution is 2.31. The Balaban J connectivity index is 1.98. The van der Waals surface area contributed by atoms with Gasteiger partial charge < -0.3 is 15.4 Å². The summed E-state index contributed by atoms with van der Waals surface area (Å²) in [5, 5.41) is 5.83. The van der Waals surface area contributed by atoms with Gasteiger partial charge in [-0.3, -0.25) is 9.52 Å². The minimum absolute atomic E-state index is 0.0479. The van der Waals surface area contributed by atoms with Crippen molar-refractivity contribution in [2.75, 3.05) is 29.1 Å². The number of rotatable bonds is 7. The van der Waals surface area contributed by atoms with Gasteiger partial charge in [-0.05, 0) is 55.3 Å². The van der Waals surface area contributed by atoms with E-state index in [1.165, 1.54) is 12.1 Å². The lowest BCUT2D eigenvalue weighted by molar-refractivity contribution is -0.113. The van der Waals surface area contributed by atoms with Gasteiger partial charge in [0.2, 0.25) is 5.91 Å². The van der Waals surface area contributed by atoms with Gasteiger partial charge in [0.05, 0.1) is 12.3 Å². The number of amides is 1. The van der Waals surface area contributed by atoms with E-state index >= 15 is 0 Å². The Morgan fingerprint density at radius 2 is 2.11 bits per heavy atom. The highest BCUT2D eigenvalue weighted by molar-refractivity contribution is 7.92. The summed E-state index contributed by atoms with van der Waals surface area (Å²) >= 11 is 5.51. The fraction of sp³-hybridized carbons (Fsp3) is 0.316. The Kier molecular flexibility index (Phi) is 6.43. The third kappa shape index (κ3) is 4.57. The quantitative estimate of drug-likeness (QED) is 0.595. The van der Waals surface area contributed by atoms with Gasteiger partial charge in [-0.15, -0.1) is 11.6 Å². The molecule has 0 atom stereocenters. The van der Waals surface area contributed by atoms with E-state index in [9.17, 15) is 13.2 Å². The van der Waals surface area contributed by atoms with Gasteiger partial charge in [-0.25, -0.2) is 8.42 Å². The zero-order valence-electron chi connectivity index (χ0n) is 15.4. The molecule has 9 heteroatoms. The van der Waals surface area contributed by atoms with E-state index in [0.29, 0.717) is 24.5 Å². The maximum Gasteiger partial charge on any atom is 0.265 e. The number of sulfonamides is 1. The van der Waals surface area contributed by atoms with Crippen molar-refractivity contribution in [1.29, 1.82) is 0 Å². The second-order valence-corrected chi connectivity index (χ2v) is 8.17. The van der Waals surface area contributed by atoms with E-state index in [4.69, 9.17) is 16.3 Å². The Morgan fingerprint density at radius 3 is 2.86 bits per heavy atom. The molecule has 2 aromatic rings. The van der Waals surface area contributed by atoms with Crippen molar-refractivity contribution in [1.82, 2.24) is 5.32 Å². The third-order valence-electron chi connectivity index (χ3n) is 4.32. The molecule has 2 aromatic carbocycles. The molecule has 0 saturated heterocycles. The number of fused-ring (bicyclic) bond motifs is 1. The summed E-state index contributed by atoms with van der Waals surface area (Å²) in [7, 11) is -3.94. The smallest absolute Gasteiger partial charge is 0.265 e. The average Bonchev–Trinajstić information content (AvgIpc) is 2.69. The number of halogens is 1. The number of hydrogen-bond donors (Lipinski definition) is 3. The molecule has 0 radical (unpaired) electrons. The zero-order valence-corrected chi connectivity index (χ0v) is 17.0. The first kappa shape index (κ1) is 20.4. The Morgan fingerprint density at radius 1 is 1.29 bits per heavy atom. The molecule has 0 saturated carbocycles. The lowest BCUT2D eigenvalue weighted by Crippen LogP contribution is -2.25. The van der Waals surface area contributed by atoms with Crippen LogP contribution in [0.5, 0.6) is 5.75 Å². The van der Waals surface area contributed by atoms with Crippen LogP contribution in [0.1, 0.15) is 18.1 Å². The molecule has 0 unspecified atom stereocenters. The third-order valence-corrected chi connectivity index (χ3v) is 5.95. The van der Waals surface area contributed by atoms with Gasteiger partial charge in [0.15, 0.2) is 0 Å². The maximum absolute atomic E-state index is 13.1. The summed E-state index contributed by atoms with van der Waals surface area (Å²) in [6.45, 7) is 3.57. The number of anilines is 2. The standard InChI is InChI=1S/C19H22ClN3O4S/c1-2-27-17-7-6-14(22-19(24)11-20)10-18(17)28(25,26)23-16-5-3-4-13-12-21-9-8-15(13)16/h3-7,10,21,23H,2,8-9,11-12H2,1H3,(H,22,24). The van der Waals surface area contributed by atoms with Gasteiger partial charge in [0.25, 0.3) is 10.0 Å². The van der Waals surface area contributed by atoms with E-state index in [0.717, 1.165) is 24.1 Å². The molecule has 0 aliphatic carbocycles. The molecule has 3 rings (SSSR count). The first-order chi connectivity index (χ1) is 13.4. The van der Waals surface area contributed by atoms with Gasteiger partial charge in [0, 0.05) is 12.2 Å². The lowest BCUT2D eigenvalue weighted by Gasteiger charge is -2.21. The van der Waals surface area contributed by atoms with Crippen LogP contribution >= 0.6 is 11.6 Å². The molecule has 28 heavy (non-hydrogen) atoms. The molecule has 1 heterocycles. The summed E-state index contributed by atoms with van der Waals surface area (Å²) in [6, 6.07) is 10.0. The molecule has 7 nitrogen and oxygen atoms in total. The first-order valence-electron chi connectivity index (χ1n) is 8.91. The van der Waals surface area contributed by atoms with Crippen molar-refractivity contribution in [2.45, 2.75) is 24.8 Å². The highest BCUT2D eigenvalue weighted by atomic mass is 35.5. The van der Waals surface area contributed by atoms with Gasteiger partial charge in [0.1, 0.15) is 16.5 Å². The fourth-order valence-electron chi connectivity index (χ4n) is 3.09. The summed E-state index contributed by atoms with van der Waals surface area (Å²) < 4.78 is 34.5. The lowest BCUT2D eigenvalue weighted by atomic mass is 9.99. The maximum atomic E-state index is 13.1. The summed E-state index contributed by atoms with van der Waals surface area (Å²) in [5.74, 6) is -0.435. The van der Waals surface area contributed by atoms with Crippen LogP contribution in [0.25, 0.3) is 0 Å². The molecule has 1 aliphatic rings. The van der Waals surface area contributed by atoms with Crippen molar-refractivity contribution in [3.8, 4) is 5.75 Å². The van der Waals surface area contributed by atoms with Crippen molar-refractivity contribution >= 4 is 38.9 Å². The van der Waals surface area contributed by atoms with Crippen LogP contribution < -0.4 is 20.1 Å². The SMILES string of the molecule is CCOc1ccc(NC(=O)CCl)cc1S(=O)(=O)Nc1cccc2c1CCNC2.